The second-order valence-corrected chi connectivity index (χ2v) is 30.9. The van der Waals surface area contributed by atoms with E-state index in [9.17, 15) is 19.4 Å². The number of allylic oxidation sites excluding steroid dienone is 4. The largest absolute Gasteiger partial charge is 0.756 e. The quantitative estimate of drug-likeness (QED) is 0.0272. The fourth-order valence-electron chi connectivity index (χ4n) is 12.9. The highest BCUT2D eigenvalue weighted by atomic mass is 31.2. The topological polar surface area (TPSA) is 108 Å². The Morgan fingerprint density at radius 2 is 0.644 bits per heavy atom. The minimum Gasteiger partial charge on any atom is -0.756 e. The van der Waals surface area contributed by atoms with Crippen LogP contribution in [0.2, 0.25) is 0 Å². The van der Waals surface area contributed by atoms with Gasteiger partial charge in [-0.15, -0.1) is 0 Å². The molecule has 0 saturated heterocycles. The standard InChI is InChI=1S/C81H161N2O6P/c1-6-8-10-12-14-16-18-20-22-24-26-28-30-32-34-35-36-37-38-39-40-41-42-43-44-45-46-47-49-51-53-55-57-59-61-63-65-67-69-71-73-75-81(85)82-79(78-89-90(86,87)88-77-76-83(3,4)5)80(84)74-72-70-68-66-64-62-60-58-56-54-52-50-48-33-31-29-27-25-23-21-19-17-15-13-11-9-7-2/h18,20,24,26,79-80,84H,6-17,19,21-23,25,27-78H2,1-5H3,(H-,82,85,86,87)/b20-18-,26-24-. The van der Waals surface area contributed by atoms with Crippen LogP contribution in [-0.2, 0) is 18.4 Å². The first-order valence-electron chi connectivity index (χ1n) is 40.7. The monoisotopic (exact) mass is 1290 g/mol. The highest BCUT2D eigenvalue weighted by Crippen LogP contribution is 2.38. The molecule has 90 heavy (non-hydrogen) atoms. The predicted octanol–water partition coefficient (Wildman–Crippen LogP) is 25.9. The first-order valence-corrected chi connectivity index (χ1v) is 42.1. The number of phosphoric acid groups is 1. The van der Waals surface area contributed by atoms with E-state index in [0.29, 0.717) is 23.9 Å². The molecule has 0 aromatic carbocycles. The lowest BCUT2D eigenvalue weighted by atomic mass is 10.0. The number of quaternary nitrogens is 1. The van der Waals surface area contributed by atoms with E-state index in [0.717, 1.165) is 44.9 Å². The number of phosphoric ester groups is 1. The van der Waals surface area contributed by atoms with Crippen LogP contribution in [0.4, 0.5) is 0 Å². The number of nitrogens with zero attached hydrogens (tertiary/aromatic N) is 1. The minimum absolute atomic E-state index is 0.0160. The average molecular weight is 1290 g/mol. The van der Waals surface area contributed by atoms with Crippen LogP contribution >= 0.6 is 7.82 Å². The third-order valence-corrected chi connectivity index (χ3v) is 20.2. The molecule has 9 heteroatoms. The molecule has 2 N–H and O–H groups in total. The van der Waals surface area contributed by atoms with Gasteiger partial charge >= 0.3 is 0 Å². The molecule has 536 valence electrons. The molecular formula is C81H161N2O6P. The Balaban J connectivity index is 3.86. The molecule has 0 aromatic rings. The molecule has 0 aromatic heterocycles. The van der Waals surface area contributed by atoms with Crippen LogP contribution in [0.15, 0.2) is 24.3 Å². The lowest BCUT2D eigenvalue weighted by Crippen LogP contribution is -2.46. The predicted molar refractivity (Wildman–Crippen MR) is 395 cm³/mol. The van der Waals surface area contributed by atoms with Crippen LogP contribution in [-0.4, -0.2) is 68.5 Å². The number of likely N-dealkylation sites (N-methyl/N-ethyl adjacent to an activating group) is 1. The Bertz CT molecular complexity index is 1520. The third kappa shape index (κ3) is 74.4. The summed E-state index contributed by atoms with van der Waals surface area (Å²) in [5.74, 6) is -0.153. The van der Waals surface area contributed by atoms with Gasteiger partial charge in [0, 0.05) is 6.42 Å². The molecule has 0 aliphatic heterocycles. The zero-order valence-electron chi connectivity index (χ0n) is 61.6. The Morgan fingerprint density at radius 1 is 0.389 bits per heavy atom. The van der Waals surface area contributed by atoms with Gasteiger partial charge in [0.2, 0.25) is 5.91 Å². The van der Waals surface area contributed by atoms with Crippen molar-refractivity contribution in [3.8, 4) is 0 Å². The minimum atomic E-state index is -4.58. The Morgan fingerprint density at radius 3 is 0.922 bits per heavy atom. The second-order valence-electron chi connectivity index (χ2n) is 29.5. The summed E-state index contributed by atoms with van der Waals surface area (Å²) in [5, 5.41) is 14.1. The Hall–Kier alpha value is -1.02. The van der Waals surface area contributed by atoms with Crippen molar-refractivity contribution in [3.05, 3.63) is 24.3 Å². The van der Waals surface area contributed by atoms with Gasteiger partial charge in [-0.1, -0.05) is 411 Å². The molecule has 0 fully saturated rings. The molecular weight excluding hydrogens is 1130 g/mol. The van der Waals surface area contributed by atoms with Crippen LogP contribution in [0.25, 0.3) is 0 Å². The number of aliphatic hydroxyl groups excluding tert-OH is 1. The van der Waals surface area contributed by atoms with Gasteiger partial charge in [0.1, 0.15) is 13.2 Å². The van der Waals surface area contributed by atoms with E-state index >= 15 is 0 Å². The highest BCUT2D eigenvalue weighted by Gasteiger charge is 2.24. The summed E-state index contributed by atoms with van der Waals surface area (Å²) in [6.45, 7) is 4.79. The second kappa shape index (κ2) is 72.3. The van der Waals surface area contributed by atoms with E-state index in [4.69, 9.17) is 9.05 Å². The summed E-state index contributed by atoms with van der Waals surface area (Å²) in [6, 6.07) is -0.799. The number of carbonyl (C=O) groups excluding carboxylic acids is 1. The number of unbranched alkanes of at least 4 members (excludes halogenated alkanes) is 60. The first-order chi connectivity index (χ1) is 44.0. The summed E-state index contributed by atoms with van der Waals surface area (Å²) in [4.78, 5) is 25.7. The third-order valence-electron chi connectivity index (χ3n) is 19.2. The molecule has 3 unspecified atom stereocenters. The van der Waals surface area contributed by atoms with Crippen molar-refractivity contribution in [2.75, 3.05) is 40.9 Å². The fourth-order valence-corrected chi connectivity index (χ4v) is 13.6. The zero-order valence-corrected chi connectivity index (χ0v) is 62.5. The van der Waals surface area contributed by atoms with Gasteiger partial charge in [-0.25, -0.2) is 0 Å². The summed E-state index contributed by atoms with van der Waals surface area (Å²) < 4.78 is 23.6. The van der Waals surface area contributed by atoms with E-state index in [1.807, 2.05) is 21.1 Å². The van der Waals surface area contributed by atoms with E-state index in [-0.39, 0.29) is 19.1 Å². The summed E-state index contributed by atoms with van der Waals surface area (Å²) in [5.41, 5.74) is 0. The normalized spacial score (nSPS) is 13.5. The maximum Gasteiger partial charge on any atom is 0.268 e. The van der Waals surface area contributed by atoms with E-state index in [2.05, 4.69) is 43.5 Å². The maximum absolute atomic E-state index is 13.1. The first kappa shape index (κ1) is 89.0. The van der Waals surface area contributed by atoms with Crippen LogP contribution in [0.5, 0.6) is 0 Å². The molecule has 0 aliphatic rings. The molecule has 0 bridgehead atoms. The van der Waals surface area contributed by atoms with Crippen molar-refractivity contribution >= 4 is 13.7 Å². The molecule has 0 spiro atoms. The molecule has 0 aliphatic carbocycles. The highest BCUT2D eigenvalue weighted by molar-refractivity contribution is 7.45. The van der Waals surface area contributed by atoms with Crippen LogP contribution < -0.4 is 10.2 Å². The van der Waals surface area contributed by atoms with Crippen molar-refractivity contribution in [1.29, 1.82) is 0 Å². The van der Waals surface area contributed by atoms with Crippen molar-refractivity contribution in [2.24, 2.45) is 0 Å². The lowest BCUT2D eigenvalue weighted by Gasteiger charge is -2.30. The molecule has 0 saturated carbocycles. The van der Waals surface area contributed by atoms with E-state index < -0.39 is 20.0 Å². The van der Waals surface area contributed by atoms with Crippen molar-refractivity contribution in [2.45, 2.75) is 450 Å². The molecule has 1 amide bonds. The van der Waals surface area contributed by atoms with Gasteiger partial charge in [0.25, 0.3) is 7.82 Å². The van der Waals surface area contributed by atoms with Crippen molar-refractivity contribution in [1.82, 2.24) is 5.32 Å². The molecule has 0 radical (unpaired) electrons. The van der Waals surface area contributed by atoms with Crippen LogP contribution in [0, 0.1) is 0 Å². The lowest BCUT2D eigenvalue weighted by molar-refractivity contribution is -0.870. The number of rotatable bonds is 77. The number of carbonyl (C=O) groups is 1. The molecule has 3 atom stereocenters. The van der Waals surface area contributed by atoms with Gasteiger partial charge < -0.3 is 28.8 Å². The Labute approximate surface area is 564 Å². The number of amides is 1. The van der Waals surface area contributed by atoms with Gasteiger partial charge in [0.15, 0.2) is 0 Å². The number of hydrogen-bond donors (Lipinski definition) is 2. The van der Waals surface area contributed by atoms with Gasteiger partial charge in [-0.05, 0) is 44.9 Å². The SMILES string of the molecule is CCCCCCC/C=C\C/C=C\CCCCCCCCCCCCCCCCCCCCCCCCCCCCCCCC(=O)NC(COP(=O)([O-])OCC[N+](C)(C)C)C(O)CCCCCCCCCCCCCCCCCCCCCCCCCCCCC. The van der Waals surface area contributed by atoms with Gasteiger partial charge in [0.05, 0.1) is 39.9 Å². The van der Waals surface area contributed by atoms with E-state index in [1.54, 1.807) is 0 Å². The fraction of sp³-hybridized carbons (Fsp3) is 0.938. The van der Waals surface area contributed by atoms with Gasteiger partial charge in [-0.3, -0.25) is 9.36 Å². The number of hydrogen-bond acceptors (Lipinski definition) is 6. The summed E-state index contributed by atoms with van der Waals surface area (Å²) in [6.07, 6.45) is 96.0. The van der Waals surface area contributed by atoms with Crippen LogP contribution in [0.1, 0.15) is 438 Å². The average Bonchev–Trinajstić information content (AvgIpc) is 3.09. The summed E-state index contributed by atoms with van der Waals surface area (Å²) in [7, 11) is 1.33. The Kier molecular flexibility index (Phi) is 71.4. The van der Waals surface area contributed by atoms with E-state index in [1.165, 1.54) is 366 Å². The smallest absolute Gasteiger partial charge is 0.268 e. The molecule has 0 rings (SSSR count). The van der Waals surface area contributed by atoms with Crippen LogP contribution in [0.3, 0.4) is 0 Å². The molecule has 0 heterocycles. The zero-order chi connectivity index (χ0) is 65.5. The number of aliphatic hydroxyl groups is 1. The van der Waals surface area contributed by atoms with Crippen molar-refractivity contribution < 1.29 is 32.9 Å². The van der Waals surface area contributed by atoms with Crippen molar-refractivity contribution in [3.63, 3.8) is 0 Å². The summed E-state index contributed by atoms with van der Waals surface area (Å²) >= 11 is 0. The number of nitrogens with one attached hydrogen (secondary N) is 1. The maximum atomic E-state index is 13.1. The van der Waals surface area contributed by atoms with Gasteiger partial charge in [-0.2, -0.15) is 0 Å². The molecule has 8 nitrogen and oxygen atoms in total.